The van der Waals surface area contributed by atoms with Gasteiger partial charge in [0.05, 0.1) is 0 Å². The number of primary amides is 1. The number of likely N-dealkylation sites (tertiary alicyclic amines) is 2. The molecule has 1 aromatic rings. The number of rotatable bonds is 4. The monoisotopic (exact) mass is 313 g/mol. The van der Waals surface area contributed by atoms with Crippen molar-refractivity contribution in [3.63, 3.8) is 0 Å². The van der Waals surface area contributed by atoms with E-state index in [2.05, 4.69) is 4.90 Å². The van der Waals surface area contributed by atoms with Crippen LogP contribution in [0.4, 0.5) is 0 Å². The van der Waals surface area contributed by atoms with Crippen LogP contribution in [0.3, 0.4) is 0 Å². The fourth-order valence-electron chi connectivity index (χ4n) is 3.25. The van der Waals surface area contributed by atoms with E-state index >= 15 is 0 Å². The molecule has 0 unspecified atom stereocenters. The van der Waals surface area contributed by atoms with Crippen molar-refractivity contribution in [1.29, 1.82) is 0 Å². The molecular weight excluding hydrogens is 290 g/mol. The highest BCUT2D eigenvalue weighted by Crippen LogP contribution is 2.23. The zero-order valence-corrected chi connectivity index (χ0v) is 13.2. The average Bonchev–Trinajstić information content (AvgIpc) is 2.53. The Bertz CT molecular complexity index is 586. The number of benzene rings is 1. The molecule has 5 nitrogen and oxygen atoms in total. The van der Waals surface area contributed by atoms with E-state index in [1.165, 1.54) is 0 Å². The number of nitrogens with two attached hydrogens (primary N) is 1. The largest absolute Gasteiger partial charge is 0.369 e. The first-order valence-electron chi connectivity index (χ1n) is 8.19. The predicted octanol–water partition coefficient (Wildman–Crippen LogP) is 1.11. The van der Waals surface area contributed by atoms with E-state index in [-0.39, 0.29) is 17.7 Å². The Labute approximate surface area is 136 Å². The Morgan fingerprint density at radius 2 is 1.74 bits per heavy atom. The molecule has 0 radical (unpaired) electrons. The van der Waals surface area contributed by atoms with Crippen molar-refractivity contribution in [2.24, 2.45) is 11.7 Å². The summed E-state index contributed by atoms with van der Waals surface area (Å²) in [4.78, 5) is 27.6. The maximum Gasteiger partial charge on any atom is 0.246 e. The summed E-state index contributed by atoms with van der Waals surface area (Å²) < 4.78 is 0. The van der Waals surface area contributed by atoms with Crippen LogP contribution in [0.15, 0.2) is 36.4 Å². The van der Waals surface area contributed by atoms with Gasteiger partial charge in [0, 0.05) is 31.1 Å². The molecule has 0 atom stereocenters. The Morgan fingerprint density at radius 1 is 1.09 bits per heavy atom. The molecule has 0 aliphatic carbocycles. The van der Waals surface area contributed by atoms with Crippen LogP contribution in [-0.2, 0) is 9.59 Å². The van der Waals surface area contributed by atoms with Gasteiger partial charge in [-0.3, -0.25) is 14.5 Å². The quantitative estimate of drug-likeness (QED) is 0.847. The summed E-state index contributed by atoms with van der Waals surface area (Å²) in [6, 6.07) is 10.3. The van der Waals surface area contributed by atoms with E-state index in [0.717, 1.165) is 44.6 Å². The van der Waals surface area contributed by atoms with Crippen molar-refractivity contribution in [3.8, 4) is 0 Å². The van der Waals surface area contributed by atoms with Crippen LogP contribution in [0.2, 0.25) is 0 Å². The molecule has 2 saturated heterocycles. The summed E-state index contributed by atoms with van der Waals surface area (Å²) in [6.07, 6.45) is 5.18. The van der Waals surface area contributed by atoms with E-state index in [0.29, 0.717) is 6.04 Å². The summed E-state index contributed by atoms with van der Waals surface area (Å²) in [5, 5.41) is 0. The Balaban J connectivity index is 1.43. The molecule has 2 amide bonds. The van der Waals surface area contributed by atoms with Gasteiger partial charge in [-0.2, -0.15) is 0 Å². The highest BCUT2D eigenvalue weighted by Gasteiger charge is 2.36. The third-order valence-electron chi connectivity index (χ3n) is 4.84. The molecule has 2 aliphatic heterocycles. The number of carbonyl (C=O) groups is 2. The van der Waals surface area contributed by atoms with Gasteiger partial charge < -0.3 is 10.6 Å². The zero-order valence-electron chi connectivity index (χ0n) is 13.2. The molecular formula is C18H23N3O2. The lowest BCUT2D eigenvalue weighted by atomic mass is 9.94. The molecule has 5 heteroatoms. The molecule has 2 N–H and O–H groups in total. The lowest BCUT2D eigenvalue weighted by molar-refractivity contribution is -0.133. The van der Waals surface area contributed by atoms with Gasteiger partial charge in [-0.15, -0.1) is 0 Å². The third-order valence-corrected chi connectivity index (χ3v) is 4.84. The first kappa shape index (κ1) is 15.7. The van der Waals surface area contributed by atoms with Gasteiger partial charge >= 0.3 is 0 Å². The second-order valence-corrected chi connectivity index (χ2v) is 6.35. The van der Waals surface area contributed by atoms with Crippen molar-refractivity contribution in [3.05, 3.63) is 42.0 Å². The standard InChI is InChI=1S/C18H23N3O2/c19-18(23)15-8-10-20(11-9-15)16-12-21(13-16)17(22)7-6-14-4-2-1-3-5-14/h1-7,15-16H,8-13H2,(H2,19,23)/b7-6+. The molecule has 122 valence electrons. The normalized spacial score (nSPS) is 20.6. The van der Waals surface area contributed by atoms with Gasteiger partial charge in [-0.25, -0.2) is 0 Å². The van der Waals surface area contributed by atoms with E-state index < -0.39 is 0 Å². The minimum Gasteiger partial charge on any atom is -0.369 e. The number of carbonyl (C=O) groups excluding carboxylic acids is 2. The maximum atomic E-state index is 12.1. The first-order chi connectivity index (χ1) is 11.1. The van der Waals surface area contributed by atoms with Crippen LogP contribution >= 0.6 is 0 Å². The molecule has 0 spiro atoms. The van der Waals surface area contributed by atoms with Gasteiger partial charge in [0.2, 0.25) is 11.8 Å². The van der Waals surface area contributed by atoms with Crippen molar-refractivity contribution >= 4 is 17.9 Å². The van der Waals surface area contributed by atoms with E-state index in [1.54, 1.807) is 6.08 Å². The highest BCUT2D eigenvalue weighted by atomic mass is 16.2. The van der Waals surface area contributed by atoms with Crippen LogP contribution in [0, 0.1) is 5.92 Å². The number of hydrogen-bond acceptors (Lipinski definition) is 3. The van der Waals surface area contributed by atoms with Crippen LogP contribution < -0.4 is 5.73 Å². The summed E-state index contributed by atoms with van der Waals surface area (Å²) in [7, 11) is 0. The van der Waals surface area contributed by atoms with Crippen molar-refractivity contribution in [2.75, 3.05) is 26.2 Å². The van der Waals surface area contributed by atoms with Crippen molar-refractivity contribution < 1.29 is 9.59 Å². The molecule has 2 aliphatic rings. The van der Waals surface area contributed by atoms with Crippen LogP contribution in [-0.4, -0.2) is 53.8 Å². The SMILES string of the molecule is NC(=O)C1CCN(C2CN(C(=O)/C=C/c3ccccc3)C2)CC1. The topological polar surface area (TPSA) is 66.6 Å². The van der Waals surface area contributed by atoms with Gasteiger partial charge in [-0.05, 0) is 37.6 Å². The lowest BCUT2D eigenvalue weighted by Crippen LogP contribution is -2.62. The van der Waals surface area contributed by atoms with Crippen LogP contribution in [0.1, 0.15) is 18.4 Å². The molecule has 0 saturated carbocycles. The number of hydrogen-bond donors (Lipinski definition) is 1. The number of amides is 2. The molecule has 3 rings (SSSR count). The average molecular weight is 313 g/mol. The minimum absolute atomic E-state index is 0.0258. The molecule has 2 heterocycles. The molecule has 1 aromatic carbocycles. The number of nitrogens with zero attached hydrogens (tertiary/aromatic N) is 2. The summed E-state index contributed by atoms with van der Waals surface area (Å²) in [5.41, 5.74) is 6.39. The van der Waals surface area contributed by atoms with Crippen molar-refractivity contribution in [1.82, 2.24) is 9.80 Å². The number of piperidine rings is 1. The third kappa shape index (κ3) is 3.79. The molecule has 0 bridgehead atoms. The molecule has 2 fully saturated rings. The smallest absolute Gasteiger partial charge is 0.246 e. The van der Waals surface area contributed by atoms with Crippen LogP contribution in [0.5, 0.6) is 0 Å². The fourth-order valence-corrected chi connectivity index (χ4v) is 3.25. The highest BCUT2D eigenvalue weighted by molar-refractivity contribution is 5.92. The van der Waals surface area contributed by atoms with E-state index in [1.807, 2.05) is 41.3 Å². The second kappa shape index (κ2) is 6.96. The summed E-state index contributed by atoms with van der Waals surface area (Å²) in [5.74, 6) is -0.0869. The van der Waals surface area contributed by atoms with Gasteiger partial charge in [-0.1, -0.05) is 30.3 Å². The fraction of sp³-hybridized carbons (Fsp3) is 0.444. The Hall–Kier alpha value is -2.14. The molecule has 23 heavy (non-hydrogen) atoms. The van der Waals surface area contributed by atoms with Gasteiger partial charge in [0.25, 0.3) is 0 Å². The minimum atomic E-state index is -0.180. The second-order valence-electron chi connectivity index (χ2n) is 6.35. The summed E-state index contributed by atoms with van der Waals surface area (Å²) in [6.45, 7) is 3.36. The van der Waals surface area contributed by atoms with Gasteiger partial charge in [0.15, 0.2) is 0 Å². The van der Waals surface area contributed by atoms with Gasteiger partial charge in [0.1, 0.15) is 0 Å². The Kier molecular flexibility index (Phi) is 4.76. The Morgan fingerprint density at radius 3 is 2.35 bits per heavy atom. The maximum absolute atomic E-state index is 12.1. The lowest BCUT2D eigenvalue weighted by Gasteiger charge is -2.47. The van der Waals surface area contributed by atoms with E-state index in [9.17, 15) is 9.59 Å². The predicted molar refractivity (Wildman–Crippen MR) is 89.3 cm³/mol. The summed E-state index contributed by atoms with van der Waals surface area (Å²) >= 11 is 0. The first-order valence-corrected chi connectivity index (χ1v) is 8.19. The zero-order chi connectivity index (χ0) is 16.2. The van der Waals surface area contributed by atoms with Crippen molar-refractivity contribution in [2.45, 2.75) is 18.9 Å². The van der Waals surface area contributed by atoms with E-state index in [4.69, 9.17) is 5.73 Å². The molecule has 0 aromatic heterocycles. The van der Waals surface area contributed by atoms with Crippen LogP contribution in [0.25, 0.3) is 6.08 Å².